The van der Waals surface area contributed by atoms with Crippen LogP contribution in [0, 0.1) is 0 Å². The average molecular weight is 298 g/mol. The largest absolute Gasteiger partial charge is 0.378 e. The van der Waals surface area contributed by atoms with E-state index in [1.54, 1.807) is 0 Å². The Labute approximate surface area is 127 Å². The molecule has 0 saturated carbocycles. The van der Waals surface area contributed by atoms with E-state index in [9.17, 15) is 0 Å². The fraction of sp³-hybridized carbons (Fsp3) is 0.667. The van der Waals surface area contributed by atoms with Crippen LogP contribution in [0.2, 0.25) is 0 Å². The lowest BCUT2D eigenvalue weighted by Gasteiger charge is -2.30. The molecule has 1 aromatic heterocycles. The highest BCUT2D eigenvalue weighted by atomic mass is 35.5. The first-order chi connectivity index (χ1) is 9.33. The third kappa shape index (κ3) is 3.62. The molecule has 0 aliphatic carbocycles. The molecule has 2 aliphatic rings. The Morgan fingerprint density at radius 2 is 2.00 bits per heavy atom. The van der Waals surface area contributed by atoms with Crippen molar-refractivity contribution in [2.75, 3.05) is 51.3 Å². The quantitative estimate of drug-likeness (QED) is 0.836. The van der Waals surface area contributed by atoms with Crippen LogP contribution in [0.25, 0.3) is 0 Å². The van der Waals surface area contributed by atoms with Gasteiger partial charge < -0.3 is 14.5 Å². The lowest BCUT2D eigenvalue weighted by molar-refractivity contribution is 0.122. The normalized spacial score (nSPS) is 24.2. The molecule has 0 radical (unpaired) electrons. The van der Waals surface area contributed by atoms with Crippen LogP contribution in [0.4, 0.5) is 5.69 Å². The summed E-state index contributed by atoms with van der Waals surface area (Å²) in [5.41, 5.74) is 2.49. The first-order valence-corrected chi connectivity index (χ1v) is 7.30. The second-order valence-corrected chi connectivity index (χ2v) is 5.64. The van der Waals surface area contributed by atoms with Crippen molar-refractivity contribution in [1.29, 1.82) is 0 Å². The van der Waals surface area contributed by atoms with Gasteiger partial charge in [0.1, 0.15) is 0 Å². The molecule has 4 nitrogen and oxygen atoms in total. The zero-order chi connectivity index (χ0) is 13.1. The lowest BCUT2D eigenvalue weighted by Crippen LogP contribution is -2.36. The van der Waals surface area contributed by atoms with Crippen molar-refractivity contribution in [2.24, 2.45) is 0 Å². The number of likely N-dealkylation sites (N-methyl/N-ethyl adjacent to an activating group) is 1. The number of rotatable bonds is 2. The van der Waals surface area contributed by atoms with Crippen LogP contribution in [0.15, 0.2) is 18.3 Å². The Kier molecular flexibility index (Phi) is 5.64. The average Bonchev–Trinajstić information content (AvgIpc) is 2.48. The molecule has 0 N–H and O–H groups in total. The van der Waals surface area contributed by atoms with Crippen LogP contribution in [0.3, 0.4) is 0 Å². The zero-order valence-electron chi connectivity index (χ0n) is 12.1. The fourth-order valence-electron chi connectivity index (χ4n) is 3.06. The molecule has 5 heteroatoms. The molecular weight excluding hydrogens is 274 g/mol. The van der Waals surface area contributed by atoms with Crippen molar-refractivity contribution in [3.05, 3.63) is 24.0 Å². The molecule has 112 valence electrons. The van der Waals surface area contributed by atoms with Crippen molar-refractivity contribution >= 4 is 18.1 Å². The highest BCUT2D eigenvalue weighted by Crippen LogP contribution is 2.26. The van der Waals surface area contributed by atoms with E-state index in [2.05, 4.69) is 29.0 Å². The first kappa shape index (κ1) is 15.5. The van der Waals surface area contributed by atoms with Gasteiger partial charge in [0.05, 0.1) is 25.1 Å². The van der Waals surface area contributed by atoms with Gasteiger partial charge >= 0.3 is 0 Å². The standard InChI is InChI=1S/C15H23N3O.ClH/c1-17-6-2-3-13(12-17)15-5-4-14(11-16-15)18-7-9-19-10-8-18;/h4-5,11,13H,2-3,6-10,12H2,1H3;1H. The van der Waals surface area contributed by atoms with E-state index < -0.39 is 0 Å². The molecule has 2 saturated heterocycles. The molecule has 0 aromatic carbocycles. The highest BCUT2D eigenvalue weighted by Gasteiger charge is 2.20. The number of ether oxygens (including phenoxy) is 1. The number of halogens is 1. The molecule has 1 unspecified atom stereocenters. The predicted molar refractivity (Wildman–Crippen MR) is 84.0 cm³/mol. The summed E-state index contributed by atoms with van der Waals surface area (Å²) < 4.78 is 5.38. The smallest absolute Gasteiger partial charge is 0.0642 e. The number of hydrogen-bond donors (Lipinski definition) is 0. The van der Waals surface area contributed by atoms with Gasteiger partial charge in [0, 0.05) is 31.2 Å². The number of morpholine rings is 1. The van der Waals surface area contributed by atoms with Crippen molar-refractivity contribution in [2.45, 2.75) is 18.8 Å². The maximum absolute atomic E-state index is 5.38. The highest BCUT2D eigenvalue weighted by molar-refractivity contribution is 5.85. The molecule has 0 bridgehead atoms. The number of nitrogens with zero attached hydrogens (tertiary/aromatic N) is 3. The van der Waals surface area contributed by atoms with Crippen LogP contribution >= 0.6 is 12.4 Å². The maximum atomic E-state index is 5.38. The molecule has 1 atom stereocenters. The number of likely N-dealkylation sites (tertiary alicyclic amines) is 1. The van der Waals surface area contributed by atoms with Gasteiger partial charge in [0.15, 0.2) is 0 Å². The van der Waals surface area contributed by atoms with Gasteiger partial charge in [-0.3, -0.25) is 4.98 Å². The molecule has 0 amide bonds. The van der Waals surface area contributed by atoms with Crippen molar-refractivity contribution < 1.29 is 4.74 Å². The van der Waals surface area contributed by atoms with Gasteiger partial charge in [-0.15, -0.1) is 12.4 Å². The zero-order valence-corrected chi connectivity index (χ0v) is 12.9. The second kappa shape index (κ2) is 7.25. The molecule has 20 heavy (non-hydrogen) atoms. The van der Waals surface area contributed by atoms with E-state index in [0.29, 0.717) is 5.92 Å². The van der Waals surface area contributed by atoms with E-state index in [-0.39, 0.29) is 12.4 Å². The lowest BCUT2D eigenvalue weighted by atomic mass is 9.94. The summed E-state index contributed by atoms with van der Waals surface area (Å²) in [6.07, 6.45) is 4.59. The second-order valence-electron chi connectivity index (χ2n) is 5.64. The molecule has 2 fully saturated rings. The topological polar surface area (TPSA) is 28.6 Å². The fourth-order valence-corrected chi connectivity index (χ4v) is 3.06. The van der Waals surface area contributed by atoms with Gasteiger partial charge in [-0.05, 0) is 38.6 Å². The van der Waals surface area contributed by atoms with Crippen LogP contribution in [-0.2, 0) is 4.74 Å². The predicted octanol–water partition coefficient (Wildman–Crippen LogP) is 2.15. The van der Waals surface area contributed by atoms with E-state index in [0.717, 1.165) is 32.8 Å². The summed E-state index contributed by atoms with van der Waals surface area (Å²) in [7, 11) is 2.20. The summed E-state index contributed by atoms with van der Waals surface area (Å²) in [6, 6.07) is 4.44. The summed E-state index contributed by atoms with van der Waals surface area (Å²) >= 11 is 0. The van der Waals surface area contributed by atoms with Crippen LogP contribution in [-0.4, -0.2) is 56.3 Å². The van der Waals surface area contributed by atoms with Crippen molar-refractivity contribution in [3.8, 4) is 0 Å². The minimum atomic E-state index is 0. The summed E-state index contributed by atoms with van der Waals surface area (Å²) in [6.45, 7) is 5.98. The van der Waals surface area contributed by atoms with E-state index >= 15 is 0 Å². The molecule has 0 spiro atoms. The van der Waals surface area contributed by atoms with Gasteiger partial charge in [0.2, 0.25) is 0 Å². The van der Waals surface area contributed by atoms with Crippen molar-refractivity contribution in [3.63, 3.8) is 0 Å². The van der Waals surface area contributed by atoms with Crippen LogP contribution < -0.4 is 4.90 Å². The van der Waals surface area contributed by atoms with E-state index in [4.69, 9.17) is 9.72 Å². The van der Waals surface area contributed by atoms with Gasteiger partial charge in [-0.1, -0.05) is 0 Å². The molecule has 2 aliphatic heterocycles. The Morgan fingerprint density at radius 3 is 2.65 bits per heavy atom. The minimum absolute atomic E-state index is 0. The summed E-state index contributed by atoms with van der Waals surface area (Å²) in [5, 5.41) is 0. The van der Waals surface area contributed by atoms with Gasteiger partial charge in [0.25, 0.3) is 0 Å². The van der Waals surface area contributed by atoms with Crippen LogP contribution in [0.1, 0.15) is 24.5 Å². The Bertz CT molecular complexity index is 406. The Hall–Kier alpha value is -0.840. The van der Waals surface area contributed by atoms with Crippen molar-refractivity contribution in [1.82, 2.24) is 9.88 Å². The molecule has 3 heterocycles. The number of aromatic nitrogens is 1. The molecule has 3 rings (SSSR count). The third-order valence-corrected chi connectivity index (χ3v) is 4.19. The Balaban J connectivity index is 0.00000147. The van der Waals surface area contributed by atoms with Gasteiger partial charge in [-0.2, -0.15) is 0 Å². The number of piperidine rings is 1. The first-order valence-electron chi connectivity index (χ1n) is 7.30. The monoisotopic (exact) mass is 297 g/mol. The summed E-state index contributed by atoms with van der Waals surface area (Å²) in [5.74, 6) is 0.609. The van der Waals surface area contributed by atoms with E-state index in [1.165, 1.54) is 30.8 Å². The summed E-state index contributed by atoms with van der Waals surface area (Å²) in [4.78, 5) is 9.47. The minimum Gasteiger partial charge on any atom is -0.378 e. The molecule has 1 aromatic rings. The third-order valence-electron chi connectivity index (χ3n) is 4.19. The van der Waals surface area contributed by atoms with E-state index in [1.807, 2.05) is 6.20 Å². The van der Waals surface area contributed by atoms with Gasteiger partial charge in [-0.25, -0.2) is 0 Å². The number of pyridine rings is 1. The van der Waals surface area contributed by atoms with Crippen LogP contribution in [0.5, 0.6) is 0 Å². The Morgan fingerprint density at radius 1 is 1.20 bits per heavy atom. The number of anilines is 1. The SMILES string of the molecule is CN1CCCC(c2ccc(N3CCOCC3)cn2)C1.Cl. The molecular formula is C15H24ClN3O. The maximum Gasteiger partial charge on any atom is 0.0642 e. The number of hydrogen-bond acceptors (Lipinski definition) is 4.